The molecule has 2 heterocycles. The van der Waals surface area contributed by atoms with Crippen LogP contribution in [0.4, 0.5) is 0 Å². The molecule has 2 aromatic heterocycles. The van der Waals surface area contributed by atoms with E-state index < -0.39 is 0 Å². The summed E-state index contributed by atoms with van der Waals surface area (Å²) in [4.78, 5) is 18.0. The second-order valence-corrected chi connectivity index (χ2v) is 7.57. The first-order valence-corrected chi connectivity index (χ1v) is 9.47. The molecule has 136 valence electrons. The summed E-state index contributed by atoms with van der Waals surface area (Å²) >= 11 is 1.42. The first-order chi connectivity index (χ1) is 13.0. The van der Waals surface area contributed by atoms with Gasteiger partial charge in [0.05, 0.1) is 21.8 Å². The van der Waals surface area contributed by atoms with Crippen LogP contribution in [-0.2, 0) is 0 Å². The molecule has 0 bridgehead atoms. The van der Waals surface area contributed by atoms with Gasteiger partial charge in [-0.2, -0.15) is 0 Å². The summed E-state index contributed by atoms with van der Waals surface area (Å²) in [6.45, 7) is 5.70. The van der Waals surface area contributed by atoms with Crippen LogP contribution >= 0.6 is 11.8 Å². The Balaban J connectivity index is 1.91. The van der Waals surface area contributed by atoms with Gasteiger partial charge >= 0.3 is 0 Å². The van der Waals surface area contributed by atoms with Gasteiger partial charge in [-0.05, 0) is 37.6 Å². The molecular weight excluding hydrogens is 360 g/mol. The normalized spacial score (nSPS) is 12.4. The molecule has 2 aromatic carbocycles. The lowest BCUT2D eigenvalue weighted by Gasteiger charge is -2.16. The number of aryl methyl sites for hydroxylation is 2. The highest BCUT2D eigenvalue weighted by atomic mass is 32.2. The summed E-state index contributed by atoms with van der Waals surface area (Å²) in [6, 6.07) is 15.2. The van der Waals surface area contributed by atoms with E-state index in [1.807, 2.05) is 56.3 Å². The van der Waals surface area contributed by atoms with E-state index in [0.29, 0.717) is 27.8 Å². The van der Waals surface area contributed by atoms with Crippen molar-refractivity contribution in [3.05, 3.63) is 76.2 Å². The van der Waals surface area contributed by atoms with E-state index in [1.165, 1.54) is 11.8 Å². The highest BCUT2D eigenvalue weighted by molar-refractivity contribution is 7.99. The molecule has 7 heteroatoms. The van der Waals surface area contributed by atoms with Gasteiger partial charge in [-0.25, -0.2) is 4.98 Å². The third-order valence-corrected chi connectivity index (χ3v) is 5.31. The van der Waals surface area contributed by atoms with Gasteiger partial charge in [0.25, 0.3) is 5.56 Å². The first kappa shape index (κ1) is 17.5. The Hall–Kier alpha value is -2.93. The Labute approximate surface area is 160 Å². The number of aromatic nitrogens is 4. The fourth-order valence-electron chi connectivity index (χ4n) is 2.90. The van der Waals surface area contributed by atoms with Crippen LogP contribution in [0, 0.1) is 13.8 Å². The molecule has 27 heavy (non-hydrogen) atoms. The lowest BCUT2D eigenvalue weighted by Crippen LogP contribution is -2.22. The second-order valence-electron chi connectivity index (χ2n) is 6.26. The predicted octanol–water partition coefficient (Wildman–Crippen LogP) is 4.24. The van der Waals surface area contributed by atoms with Crippen LogP contribution in [-0.4, -0.2) is 19.7 Å². The zero-order chi connectivity index (χ0) is 19.0. The molecule has 0 aliphatic heterocycles. The van der Waals surface area contributed by atoms with Crippen LogP contribution in [0.1, 0.15) is 29.5 Å². The quantitative estimate of drug-likeness (QED) is 0.391. The fraction of sp³-hybridized carbons (Fsp3) is 0.200. The molecule has 0 saturated heterocycles. The number of benzene rings is 2. The molecule has 4 rings (SSSR count). The number of fused-ring (bicyclic) bond motifs is 1. The highest BCUT2D eigenvalue weighted by Gasteiger charge is 2.20. The third kappa shape index (κ3) is 3.26. The van der Waals surface area contributed by atoms with E-state index >= 15 is 0 Å². The molecule has 0 N–H and O–H groups in total. The third-order valence-electron chi connectivity index (χ3n) is 4.27. The molecule has 0 aliphatic rings. The van der Waals surface area contributed by atoms with E-state index in [9.17, 15) is 4.79 Å². The highest BCUT2D eigenvalue weighted by Crippen LogP contribution is 2.34. The van der Waals surface area contributed by atoms with Gasteiger partial charge in [-0.15, -0.1) is 10.2 Å². The zero-order valence-electron chi connectivity index (χ0n) is 15.2. The average Bonchev–Trinajstić information content (AvgIpc) is 3.10. The topological polar surface area (TPSA) is 73.8 Å². The summed E-state index contributed by atoms with van der Waals surface area (Å²) in [5.41, 5.74) is 2.40. The van der Waals surface area contributed by atoms with Crippen LogP contribution in [0.3, 0.4) is 0 Å². The van der Waals surface area contributed by atoms with Crippen molar-refractivity contribution in [2.24, 2.45) is 0 Å². The summed E-state index contributed by atoms with van der Waals surface area (Å²) in [6.07, 6.45) is 0. The Kier molecular flexibility index (Phi) is 4.53. The summed E-state index contributed by atoms with van der Waals surface area (Å²) in [7, 11) is 0. The first-order valence-electron chi connectivity index (χ1n) is 8.59. The summed E-state index contributed by atoms with van der Waals surface area (Å²) in [5, 5.41) is 9.03. The molecular formula is C20H18N4O2S. The molecule has 0 fully saturated rings. The number of thioether (sulfide) groups is 1. The van der Waals surface area contributed by atoms with Crippen LogP contribution in [0.15, 0.2) is 62.9 Å². The molecule has 4 aromatic rings. The van der Waals surface area contributed by atoms with Crippen LogP contribution in [0.2, 0.25) is 0 Å². The number of para-hydroxylation sites is 2. The molecule has 0 radical (unpaired) electrons. The molecule has 6 nitrogen and oxygen atoms in total. The SMILES string of the molecule is Cc1nnc(C(C)Sc2nc3ccccc3c(=O)n2-c2ccccc2C)o1. The molecule has 1 unspecified atom stereocenters. The number of hydrogen-bond acceptors (Lipinski definition) is 6. The molecule has 0 spiro atoms. The van der Waals surface area contributed by atoms with E-state index in [2.05, 4.69) is 10.2 Å². The van der Waals surface area contributed by atoms with Crippen molar-refractivity contribution < 1.29 is 4.42 Å². The van der Waals surface area contributed by atoms with Crippen molar-refractivity contribution in [1.29, 1.82) is 0 Å². The van der Waals surface area contributed by atoms with Gasteiger partial charge in [0.2, 0.25) is 11.8 Å². The maximum Gasteiger partial charge on any atom is 0.266 e. The average molecular weight is 378 g/mol. The maximum absolute atomic E-state index is 13.3. The fourth-order valence-corrected chi connectivity index (χ4v) is 3.85. The van der Waals surface area contributed by atoms with Gasteiger partial charge in [-0.1, -0.05) is 42.1 Å². The second kappa shape index (κ2) is 7.00. The molecule has 0 aliphatic carbocycles. The van der Waals surface area contributed by atoms with Crippen molar-refractivity contribution >= 4 is 22.7 Å². The summed E-state index contributed by atoms with van der Waals surface area (Å²) in [5.74, 6) is 1.02. The Morgan fingerprint density at radius 3 is 2.52 bits per heavy atom. The van der Waals surface area contributed by atoms with Gasteiger partial charge in [0.1, 0.15) is 0 Å². The minimum absolute atomic E-state index is 0.0914. The minimum atomic E-state index is -0.144. The number of hydrogen-bond donors (Lipinski definition) is 0. The lowest BCUT2D eigenvalue weighted by atomic mass is 10.2. The van der Waals surface area contributed by atoms with Crippen LogP contribution < -0.4 is 5.56 Å². The van der Waals surface area contributed by atoms with Gasteiger partial charge < -0.3 is 4.42 Å². The van der Waals surface area contributed by atoms with Crippen LogP contribution in [0.25, 0.3) is 16.6 Å². The smallest absolute Gasteiger partial charge is 0.266 e. The zero-order valence-corrected chi connectivity index (χ0v) is 16.0. The van der Waals surface area contributed by atoms with Crippen molar-refractivity contribution in [2.75, 3.05) is 0 Å². The minimum Gasteiger partial charge on any atom is -0.424 e. The Bertz CT molecular complexity index is 1180. The monoisotopic (exact) mass is 378 g/mol. The standard InChI is InChI=1S/C20H18N4O2S/c1-12-8-4-7-11-17(12)24-19(25)15-9-5-6-10-16(15)21-20(24)27-13(2)18-23-22-14(3)26-18/h4-11,13H,1-3H3. The maximum atomic E-state index is 13.3. The van der Waals surface area contributed by atoms with Gasteiger partial charge in [0, 0.05) is 6.92 Å². The Morgan fingerprint density at radius 1 is 1.04 bits per heavy atom. The molecule has 0 amide bonds. The van der Waals surface area contributed by atoms with E-state index in [-0.39, 0.29) is 10.8 Å². The Morgan fingerprint density at radius 2 is 1.78 bits per heavy atom. The van der Waals surface area contributed by atoms with Crippen molar-refractivity contribution in [3.63, 3.8) is 0 Å². The largest absolute Gasteiger partial charge is 0.424 e. The van der Waals surface area contributed by atoms with Gasteiger partial charge in [0.15, 0.2) is 5.16 Å². The van der Waals surface area contributed by atoms with E-state index in [4.69, 9.17) is 9.40 Å². The number of nitrogens with zero attached hydrogens (tertiary/aromatic N) is 4. The summed E-state index contributed by atoms with van der Waals surface area (Å²) < 4.78 is 7.22. The van der Waals surface area contributed by atoms with E-state index in [0.717, 1.165) is 11.3 Å². The molecule has 0 saturated carbocycles. The van der Waals surface area contributed by atoms with Crippen LogP contribution in [0.5, 0.6) is 0 Å². The van der Waals surface area contributed by atoms with Gasteiger partial charge in [-0.3, -0.25) is 9.36 Å². The van der Waals surface area contributed by atoms with Crippen molar-refractivity contribution in [3.8, 4) is 5.69 Å². The molecule has 1 atom stereocenters. The van der Waals surface area contributed by atoms with E-state index in [1.54, 1.807) is 17.6 Å². The van der Waals surface area contributed by atoms with Crippen molar-refractivity contribution in [1.82, 2.24) is 19.7 Å². The predicted molar refractivity (Wildman–Crippen MR) is 105 cm³/mol. The lowest BCUT2D eigenvalue weighted by molar-refractivity contribution is 0.470. The number of rotatable bonds is 4. The van der Waals surface area contributed by atoms with Crippen molar-refractivity contribution in [2.45, 2.75) is 31.2 Å².